The van der Waals surface area contributed by atoms with Gasteiger partial charge in [0.2, 0.25) is 5.91 Å². The molecule has 7 heteroatoms. The van der Waals surface area contributed by atoms with E-state index in [0.717, 1.165) is 35.5 Å². The normalized spacial score (nSPS) is 17.2. The molecule has 0 radical (unpaired) electrons. The largest absolute Gasteiger partial charge is 0.358 e. The van der Waals surface area contributed by atoms with Crippen LogP contribution in [0.5, 0.6) is 0 Å². The van der Waals surface area contributed by atoms with E-state index in [0.29, 0.717) is 5.56 Å². The third-order valence-electron chi connectivity index (χ3n) is 4.84. The highest BCUT2D eigenvalue weighted by Gasteiger charge is 2.29. The molecular formula is C18H19N3O3S. The fourth-order valence-electron chi connectivity index (χ4n) is 3.59. The number of hydrogen-bond acceptors (Lipinski definition) is 4. The number of carbonyl (C=O) groups excluding carboxylic acids is 3. The van der Waals surface area contributed by atoms with Crippen molar-refractivity contribution >= 4 is 39.7 Å². The summed E-state index contributed by atoms with van der Waals surface area (Å²) in [4.78, 5) is 40.4. The molecule has 2 N–H and O–H groups in total. The first-order valence-electron chi connectivity index (χ1n) is 8.53. The lowest BCUT2D eigenvalue weighted by molar-refractivity contribution is -0.124. The molecule has 2 aromatic rings. The van der Waals surface area contributed by atoms with Gasteiger partial charge in [-0.3, -0.25) is 19.3 Å². The minimum absolute atomic E-state index is 0.184. The average Bonchev–Trinajstić information content (AvgIpc) is 3.16. The first-order valence-corrected chi connectivity index (χ1v) is 9.51. The molecule has 0 unspecified atom stereocenters. The van der Waals surface area contributed by atoms with Gasteiger partial charge in [0.05, 0.1) is 16.8 Å². The van der Waals surface area contributed by atoms with Crippen LogP contribution in [0.1, 0.15) is 34.5 Å². The molecule has 1 aliphatic heterocycles. The summed E-state index contributed by atoms with van der Waals surface area (Å²) in [6.07, 6.45) is 4.45. The molecule has 0 spiro atoms. The zero-order chi connectivity index (χ0) is 17.4. The second-order valence-electron chi connectivity index (χ2n) is 6.37. The molecule has 0 atom stereocenters. The third-order valence-corrected chi connectivity index (χ3v) is 5.70. The maximum Gasteiger partial charge on any atom is 0.288 e. The van der Waals surface area contributed by atoms with E-state index in [4.69, 9.17) is 0 Å². The minimum Gasteiger partial charge on any atom is -0.358 e. The van der Waals surface area contributed by atoms with Crippen LogP contribution >= 0.6 is 11.8 Å². The van der Waals surface area contributed by atoms with Crippen LogP contribution < -0.4 is 5.32 Å². The van der Waals surface area contributed by atoms with Crippen molar-refractivity contribution < 1.29 is 14.4 Å². The van der Waals surface area contributed by atoms with E-state index in [1.807, 2.05) is 12.1 Å². The van der Waals surface area contributed by atoms with Crippen LogP contribution in [0.15, 0.2) is 18.2 Å². The number of H-pyrrole nitrogens is 1. The lowest BCUT2D eigenvalue weighted by Crippen LogP contribution is -2.37. The lowest BCUT2D eigenvalue weighted by Gasteiger charge is -2.13. The number of para-hydroxylation sites is 1. The Kier molecular flexibility index (Phi) is 4.25. The van der Waals surface area contributed by atoms with Crippen LogP contribution in [-0.4, -0.2) is 45.8 Å². The van der Waals surface area contributed by atoms with E-state index < -0.39 is 0 Å². The van der Waals surface area contributed by atoms with Gasteiger partial charge in [0.25, 0.3) is 11.1 Å². The van der Waals surface area contributed by atoms with Crippen molar-refractivity contribution in [1.82, 2.24) is 15.2 Å². The molecule has 25 heavy (non-hydrogen) atoms. The molecule has 6 nitrogen and oxygen atoms in total. The van der Waals surface area contributed by atoms with E-state index in [1.54, 1.807) is 0 Å². The molecule has 130 valence electrons. The van der Waals surface area contributed by atoms with E-state index in [-0.39, 0.29) is 35.9 Å². The maximum absolute atomic E-state index is 12.6. The predicted octanol–water partition coefficient (Wildman–Crippen LogP) is 2.47. The number of aryl methyl sites for hydroxylation is 2. The molecule has 2 aliphatic rings. The standard InChI is InChI=1S/C18H19N3O3S/c22-15-10-25-18(24)21(15)9-8-19-17(23)13-6-3-5-12-11-4-1-2-7-14(11)20-16(12)13/h3,5-6,20H,1-2,4,7-10H2,(H,19,23). The highest BCUT2D eigenvalue weighted by atomic mass is 32.2. The van der Waals surface area contributed by atoms with Crippen LogP contribution in [0, 0.1) is 0 Å². The number of aromatic amines is 1. The molecule has 1 fully saturated rings. The maximum atomic E-state index is 12.6. The Morgan fingerprint density at radius 2 is 2.08 bits per heavy atom. The Labute approximate surface area is 149 Å². The summed E-state index contributed by atoms with van der Waals surface area (Å²) in [5, 5.41) is 3.72. The van der Waals surface area contributed by atoms with Crippen molar-refractivity contribution in [3.63, 3.8) is 0 Å². The topological polar surface area (TPSA) is 82.3 Å². The number of amides is 3. The molecule has 0 saturated carbocycles. The van der Waals surface area contributed by atoms with Gasteiger partial charge >= 0.3 is 0 Å². The summed E-state index contributed by atoms with van der Waals surface area (Å²) >= 11 is 1.01. The van der Waals surface area contributed by atoms with Gasteiger partial charge in [0.1, 0.15) is 0 Å². The zero-order valence-corrected chi connectivity index (χ0v) is 14.6. The van der Waals surface area contributed by atoms with Gasteiger partial charge in [-0.25, -0.2) is 0 Å². The Morgan fingerprint density at radius 3 is 2.88 bits per heavy atom. The number of aromatic nitrogens is 1. The van der Waals surface area contributed by atoms with Gasteiger partial charge in [-0.15, -0.1) is 0 Å². The minimum atomic E-state index is -0.238. The highest BCUT2D eigenvalue weighted by molar-refractivity contribution is 8.14. The number of nitrogens with one attached hydrogen (secondary N) is 2. The van der Waals surface area contributed by atoms with Gasteiger partial charge in [0.15, 0.2) is 0 Å². The van der Waals surface area contributed by atoms with Gasteiger partial charge in [-0.1, -0.05) is 23.9 Å². The number of benzene rings is 1. The van der Waals surface area contributed by atoms with Crippen molar-refractivity contribution in [2.24, 2.45) is 0 Å². The predicted molar refractivity (Wildman–Crippen MR) is 96.8 cm³/mol. The summed E-state index contributed by atoms with van der Waals surface area (Å²) in [5.74, 6) is -0.181. The van der Waals surface area contributed by atoms with Gasteiger partial charge in [-0.05, 0) is 37.3 Å². The summed E-state index contributed by atoms with van der Waals surface area (Å²) in [5.41, 5.74) is 4.07. The second-order valence-corrected chi connectivity index (χ2v) is 7.30. The first-order chi connectivity index (χ1) is 12.1. The van der Waals surface area contributed by atoms with E-state index in [9.17, 15) is 14.4 Å². The zero-order valence-electron chi connectivity index (χ0n) is 13.8. The van der Waals surface area contributed by atoms with Crippen LogP contribution in [-0.2, 0) is 17.6 Å². The number of nitrogens with zero attached hydrogens (tertiary/aromatic N) is 1. The molecule has 2 heterocycles. The third kappa shape index (κ3) is 2.93. The highest BCUT2D eigenvalue weighted by Crippen LogP contribution is 2.30. The number of carbonyl (C=O) groups is 3. The summed E-state index contributed by atoms with van der Waals surface area (Å²) in [6, 6.07) is 5.78. The summed E-state index contributed by atoms with van der Waals surface area (Å²) in [7, 11) is 0. The number of imide groups is 1. The second kappa shape index (κ2) is 6.55. The van der Waals surface area contributed by atoms with Crippen LogP contribution in [0.4, 0.5) is 4.79 Å². The van der Waals surface area contributed by atoms with Gasteiger partial charge in [0, 0.05) is 24.2 Å². The fourth-order valence-corrected chi connectivity index (χ4v) is 4.34. The SMILES string of the molecule is O=C(NCCN1C(=O)CSC1=O)c1cccc2c3c([nH]c12)CCCC3. The number of rotatable bonds is 4. The van der Waals surface area contributed by atoms with Gasteiger partial charge in [-0.2, -0.15) is 0 Å². The van der Waals surface area contributed by atoms with Crippen LogP contribution in [0.2, 0.25) is 0 Å². The Balaban J connectivity index is 1.49. The number of fused-ring (bicyclic) bond motifs is 3. The monoisotopic (exact) mass is 357 g/mol. The number of thioether (sulfide) groups is 1. The van der Waals surface area contributed by atoms with E-state index in [2.05, 4.69) is 16.4 Å². The molecule has 1 aromatic heterocycles. The quantitative estimate of drug-likeness (QED) is 0.881. The van der Waals surface area contributed by atoms with Crippen molar-refractivity contribution in [1.29, 1.82) is 0 Å². The number of hydrogen-bond donors (Lipinski definition) is 2. The van der Waals surface area contributed by atoms with Gasteiger partial charge < -0.3 is 10.3 Å². The molecule has 4 rings (SSSR count). The molecule has 1 saturated heterocycles. The molecular weight excluding hydrogens is 338 g/mol. The average molecular weight is 357 g/mol. The summed E-state index contributed by atoms with van der Waals surface area (Å²) < 4.78 is 0. The molecule has 1 aliphatic carbocycles. The Morgan fingerprint density at radius 1 is 1.24 bits per heavy atom. The molecule has 1 aromatic carbocycles. The van der Waals surface area contributed by atoms with Crippen molar-refractivity contribution in [2.45, 2.75) is 25.7 Å². The van der Waals surface area contributed by atoms with Crippen LogP contribution in [0.25, 0.3) is 10.9 Å². The van der Waals surface area contributed by atoms with E-state index >= 15 is 0 Å². The smallest absolute Gasteiger partial charge is 0.288 e. The van der Waals surface area contributed by atoms with Crippen molar-refractivity contribution in [3.8, 4) is 0 Å². The Hall–Kier alpha value is -2.28. The van der Waals surface area contributed by atoms with Crippen LogP contribution in [0.3, 0.4) is 0 Å². The summed E-state index contributed by atoms with van der Waals surface area (Å²) in [6.45, 7) is 0.474. The lowest BCUT2D eigenvalue weighted by atomic mass is 9.95. The molecule has 3 amide bonds. The van der Waals surface area contributed by atoms with Crippen molar-refractivity contribution in [3.05, 3.63) is 35.0 Å². The van der Waals surface area contributed by atoms with E-state index in [1.165, 1.54) is 29.0 Å². The molecule has 0 bridgehead atoms. The first kappa shape index (κ1) is 16.2. The Bertz CT molecular complexity index is 858. The van der Waals surface area contributed by atoms with Crippen molar-refractivity contribution in [2.75, 3.05) is 18.8 Å². The fraction of sp³-hybridized carbons (Fsp3) is 0.389.